The van der Waals surface area contributed by atoms with E-state index in [0.717, 1.165) is 16.0 Å². The maximum Gasteiger partial charge on any atom is 0.339 e. The Balaban J connectivity index is 2.82. The summed E-state index contributed by atoms with van der Waals surface area (Å²) in [5, 5.41) is 2.38. The van der Waals surface area contributed by atoms with Crippen LogP contribution >= 0.6 is 0 Å². The van der Waals surface area contributed by atoms with Crippen LogP contribution in [0.4, 0.5) is 0 Å². The number of benzene rings is 2. The molecule has 0 saturated carbocycles. The van der Waals surface area contributed by atoms with Crippen molar-refractivity contribution in [2.45, 2.75) is 59.5 Å². The Morgan fingerprint density at radius 2 is 1.35 bits per heavy atom. The Kier molecular flexibility index (Phi) is 5.91. The minimum Gasteiger partial charge on any atom is -0.459 e. The van der Waals surface area contributed by atoms with E-state index in [9.17, 15) is 9.59 Å². The van der Waals surface area contributed by atoms with Gasteiger partial charge in [0.15, 0.2) is 0 Å². The summed E-state index contributed by atoms with van der Waals surface area (Å²) in [6.07, 6.45) is -0.413. The van der Waals surface area contributed by atoms with Crippen LogP contribution in [0.1, 0.15) is 48.4 Å². The minimum atomic E-state index is -1.93. The fourth-order valence-corrected chi connectivity index (χ4v) is 4.47. The van der Waals surface area contributed by atoms with Gasteiger partial charge in [-0.1, -0.05) is 43.9 Å². The SMILES string of the molecule is CC(C)OC(=O)c1cc([Si](C)(C)C)c(C(=O)OC(C)C)c2ccccc12. The highest BCUT2D eigenvalue weighted by atomic mass is 28.3. The fraction of sp³-hybridized carbons (Fsp3) is 0.429. The van der Waals surface area contributed by atoms with E-state index in [0.29, 0.717) is 11.1 Å². The molecule has 2 aromatic carbocycles. The van der Waals surface area contributed by atoms with Gasteiger partial charge in [-0.3, -0.25) is 0 Å². The van der Waals surface area contributed by atoms with Crippen LogP contribution in [0.15, 0.2) is 30.3 Å². The van der Waals surface area contributed by atoms with E-state index >= 15 is 0 Å². The molecule has 0 aliphatic rings. The molecular weight excluding hydrogens is 344 g/mol. The Morgan fingerprint density at radius 1 is 0.846 bits per heavy atom. The van der Waals surface area contributed by atoms with Crippen LogP contribution in [-0.4, -0.2) is 32.2 Å². The van der Waals surface area contributed by atoms with E-state index in [2.05, 4.69) is 19.6 Å². The number of hydrogen-bond donors (Lipinski definition) is 0. The Hall–Kier alpha value is -2.14. The molecule has 0 atom stereocenters. The quantitative estimate of drug-likeness (QED) is 0.572. The first-order valence-corrected chi connectivity index (χ1v) is 12.5. The van der Waals surface area contributed by atoms with Gasteiger partial charge >= 0.3 is 11.9 Å². The highest BCUT2D eigenvalue weighted by Gasteiger charge is 2.30. The van der Waals surface area contributed by atoms with Gasteiger partial charge in [0.25, 0.3) is 0 Å². The molecule has 0 aromatic heterocycles. The highest BCUT2D eigenvalue weighted by Crippen LogP contribution is 2.26. The molecule has 2 aromatic rings. The predicted octanol–water partition coefficient (Wildman–Crippen LogP) is 4.52. The topological polar surface area (TPSA) is 52.6 Å². The molecule has 0 radical (unpaired) electrons. The van der Waals surface area contributed by atoms with Gasteiger partial charge in [-0.2, -0.15) is 0 Å². The standard InChI is InChI=1S/C21H28O4Si/c1-13(2)24-20(22)17-12-18(26(5,6)7)19(21(23)25-14(3)4)16-11-9-8-10-15(16)17/h8-14H,1-7H3. The van der Waals surface area contributed by atoms with Crippen molar-refractivity contribution in [3.63, 3.8) is 0 Å². The second kappa shape index (κ2) is 7.62. The number of hydrogen-bond acceptors (Lipinski definition) is 4. The molecule has 2 rings (SSSR count). The first kappa shape index (κ1) is 20.2. The second-order valence-electron chi connectivity index (χ2n) is 8.05. The summed E-state index contributed by atoms with van der Waals surface area (Å²) < 4.78 is 10.9. The average molecular weight is 373 g/mol. The van der Waals surface area contributed by atoms with Crippen molar-refractivity contribution in [1.82, 2.24) is 0 Å². The van der Waals surface area contributed by atoms with E-state index in [-0.39, 0.29) is 24.1 Å². The smallest absolute Gasteiger partial charge is 0.339 e. The largest absolute Gasteiger partial charge is 0.459 e. The van der Waals surface area contributed by atoms with E-state index in [1.54, 1.807) is 0 Å². The Bertz CT molecular complexity index is 832. The zero-order valence-corrected chi connectivity index (χ0v) is 17.7. The molecule has 0 N–H and O–H groups in total. The predicted molar refractivity (Wildman–Crippen MR) is 108 cm³/mol. The van der Waals surface area contributed by atoms with Crippen LogP contribution in [0.3, 0.4) is 0 Å². The lowest BCUT2D eigenvalue weighted by Crippen LogP contribution is -2.42. The zero-order chi connectivity index (χ0) is 19.6. The van der Waals surface area contributed by atoms with E-state index in [1.165, 1.54) is 0 Å². The van der Waals surface area contributed by atoms with Crippen molar-refractivity contribution < 1.29 is 19.1 Å². The van der Waals surface area contributed by atoms with Crippen molar-refractivity contribution in [2.75, 3.05) is 0 Å². The van der Waals surface area contributed by atoms with E-state index in [1.807, 2.05) is 58.0 Å². The molecule has 0 saturated heterocycles. The number of fused-ring (bicyclic) bond motifs is 1. The lowest BCUT2D eigenvalue weighted by atomic mass is 9.99. The number of carbonyl (C=O) groups excluding carboxylic acids is 2. The number of esters is 2. The molecule has 0 bridgehead atoms. The van der Waals surface area contributed by atoms with Gasteiger partial charge in [0.1, 0.15) is 0 Å². The fourth-order valence-electron chi connectivity index (χ4n) is 2.91. The summed E-state index contributed by atoms with van der Waals surface area (Å²) in [5.74, 6) is -0.697. The molecule has 0 heterocycles. The summed E-state index contributed by atoms with van der Waals surface area (Å²) in [6.45, 7) is 13.8. The molecule has 140 valence electrons. The van der Waals surface area contributed by atoms with Crippen LogP contribution in [0.5, 0.6) is 0 Å². The molecular formula is C21H28O4Si. The molecule has 0 spiro atoms. The van der Waals surface area contributed by atoms with Crippen LogP contribution < -0.4 is 5.19 Å². The molecule has 0 fully saturated rings. The Morgan fingerprint density at radius 3 is 1.85 bits per heavy atom. The molecule has 0 aliphatic heterocycles. The van der Waals surface area contributed by atoms with Gasteiger partial charge < -0.3 is 9.47 Å². The van der Waals surface area contributed by atoms with Gasteiger partial charge in [0.2, 0.25) is 0 Å². The molecule has 4 nitrogen and oxygen atoms in total. The second-order valence-corrected chi connectivity index (χ2v) is 13.1. The van der Waals surface area contributed by atoms with Gasteiger partial charge in [-0.25, -0.2) is 9.59 Å². The van der Waals surface area contributed by atoms with Crippen LogP contribution in [-0.2, 0) is 9.47 Å². The van der Waals surface area contributed by atoms with Crippen LogP contribution in [0, 0.1) is 0 Å². The minimum absolute atomic E-state index is 0.206. The maximum absolute atomic E-state index is 12.9. The third-order valence-corrected chi connectivity index (χ3v) is 5.97. The van der Waals surface area contributed by atoms with Crippen molar-refractivity contribution in [3.05, 3.63) is 41.5 Å². The van der Waals surface area contributed by atoms with Crippen molar-refractivity contribution >= 4 is 36.0 Å². The van der Waals surface area contributed by atoms with Crippen LogP contribution in [0.2, 0.25) is 19.6 Å². The van der Waals surface area contributed by atoms with E-state index in [4.69, 9.17) is 9.47 Å². The Labute approximate surface area is 156 Å². The number of rotatable bonds is 5. The monoisotopic (exact) mass is 372 g/mol. The van der Waals surface area contributed by atoms with E-state index < -0.39 is 8.07 Å². The lowest BCUT2D eigenvalue weighted by Gasteiger charge is -2.24. The average Bonchev–Trinajstić information content (AvgIpc) is 2.50. The summed E-state index contributed by atoms with van der Waals surface area (Å²) in [7, 11) is -1.93. The normalized spacial score (nSPS) is 11.9. The zero-order valence-electron chi connectivity index (χ0n) is 16.7. The summed E-state index contributed by atoms with van der Waals surface area (Å²) >= 11 is 0. The van der Waals surface area contributed by atoms with Gasteiger partial charge in [-0.15, -0.1) is 0 Å². The lowest BCUT2D eigenvalue weighted by molar-refractivity contribution is 0.0366. The summed E-state index contributed by atoms with van der Waals surface area (Å²) in [6, 6.07) is 9.31. The third-order valence-electron chi connectivity index (χ3n) is 3.96. The van der Waals surface area contributed by atoms with Crippen molar-refractivity contribution in [3.8, 4) is 0 Å². The van der Waals surface area contributed by atoms with Crippen molar-refractivity contribution in [2.24, 2.45) is 0 Å². The number of ether oxygens (including phenoxy) is 2. The molecule has 5 heteroatoms. The first-order chi connectivity index (χ1) is 12.0. The first-order valence-electron chi connectivity index (χ1n) is 9.00. The molecule has 0 aliphatic carbocycles. The van der Waals surface area contributed by atoms with Crippen LogP contribution in [0.25, 0.3) is 10.8 Å². The maximum atomic E-state index is 12.9. The molecule has 26 heavy (non-hydrogen) atoms. The third kappa shape index (κ3) is 4.33. The van der Waals surface area contributed by atoms with Gasteiger partial charge in [0.05, 0.1) is 31.4 Å². The molecule has 0 unspecified atom stereocenters. The molecule has 0 amide bonds. The summed E-state index contributed by atoms with van der Waals surface area (Å²) in [5.41, 5.74) is 1.09. The summed E-state index contributed by atoms with van der Waals surface area (Å²) in [4.78, 5) is 25.6. The number of carbonyl (C=O) groups is 2. The highest BCUT2D eigenvalue weighted by molar-refractivity contribution is 6.89. The van der Waals surface area contributed by atoms with Gasteiger partial charge in [0, 0.05) is 0 Å². The van der Waals surface area contributed by atoms with Crippen molar-refractivity contribution in [1.29, 1.82) is 0 Å². The van der Waals surface area contributed by atoms with Gasteiger partial charge in [-0.05, 0) is 49.7 Å².